The highest BCUT2D eigenvalue weighted by atomic mass is 16.7. The molecule has 2 aliphatic rings. The Labute approximate surface area is 172 Å². The van der Waals surface area contributed by atoms with Crippen LogP contribution in [0.25, 0.3) is 0 Å². The van der Waals surface area contributed by atoms with E-state index in [1.54, 1.807) is 0 Å². The molecule has 2 fully saturated rings. The normalized spacial score (nSPS) is 42.0. The van der Waals surface area contributed by atoms with E-state index in [-0.39, 0.29) is 13.2 Å². The van der Waals surface area contributed by atoms with E-state index in [1.165, 1.54) is 0 Å². The second-order valence-electron chi connectivity index (χ2n) is 6.87. The minimum absolute atomic E-state index is 0.0715. The summed E-state index contributed by atoms with van der Waals surface area (Å²) in [5.74, 6) is -0.426. The van der Waals surface area contributed by atoms with Crippen LogP contribution in [-0.4, -0.2) is 129 Å². The maximum Gasteiger partial charge on any atom is 0.243 e. The van der Waals surface area contributed by atoms with E-state index >= 15 is 0 Å². The monoisotopic (exact) mass is 439 g/mol. The molecule has 0 unspecified atom stereocenters. The summed E-state index contributed by atoms with van der Waals surface area (Å²) in [6, 6.07) is 0. The molecule has 0 aromatic carbocycles. The predicted octanol–water partition coefficient (Wildman–Crippen LogP) is -5.07. The number of nitrogens with one attached hydrogen (secondary N) is 1. The summed E-state index contributed by atoms with van der Waals surface area (Å²) in [5, 5.41) is 71.7. The lowest BCUT2D eigenvalue weighted by Gasteiger charge is -2.45. The Hall–Kier alpha value is -1.23. The van der Waals surface area contributed by atoms with E-state index in [1.807, 2.05) is 0 Å². The van der Waals surface area contributed by atoms with E-state index in [2.05, 4.69) is 11.9 Å². The van der Waals surface area contributed by atoms with Crippen molar-refractivity contribution in [3.8, 4) is 0 Å². The smallest absolute Gasteiger partial charge is 0.243 e. The van der Waals surface area contributed by atoms with Crippen molar-refractivity contribution >= 4 is 5.91 Å². The fourth-order valence-electron chi connectivity index (χ4n) is 3.11. The van der Waals surface area contributed by atoms with Gasteiger partial charge in [0.05, 0.1) is 19.8 Å². The number of aliphatic hydroxyl groups is 7. The number of aliphatic hydroxyl groups excluding tert-OH is 7. The van der Waals surface area contributed by atoms with Crippen molar-refractivity contribution in [2.24, 2.45) is 0 Å². The molecule has 0 saturated carbocycles. The minimum atomic E-state index is -1.74. The largest absolute Gasteiger partial charge is 0.394 e. The van der Waals surface area contributed by atoms with Gasteiger partial charge in [-0.05, 0) is 6.08 Å². The lowest BCUT2D eigenvalue weighted by molar-refractivity contribution is -0.359. The molecule has 13 nitrogen and oxygen atoms in total. The van der Waals surface area contributed by atoms with Crippen LogP contribution in [0.4, 0.5) is 0 Å². The Morgan fingerprint density at radius 2 is 1.50 bits per heavy atom. The molecule has 8 N–H and O–H groups in total. The highest BCUT2D eigenvalue weighted by Crippen LogP contribution is 2.29. The summed E-state index contributed by atoms with van der Waals surface area (Å²) in [6.45, 7) is 1.93. The first-order valence-corrected chi connectivity index (χ1v) is 9.35. The summed E-state index contributed by atoms with van der Waals surface area (Å²) in [5.41, 5.74) is 0. The summed E-state index contributed by atoms with van der Waals surface area (Å²) in [4.78, 5) is 11.1. The first-order chi connectivity index (χ1) is 14.2. The van der Waals surface area contributed by atoms with Crippen LogP contribution in [0.2, 0.25) is 0 Å². The molecule has 0 aromatic heterocycles. The first-order valence-electron chi connectivity index (χ1n) is 9.35. The topological polar surface area (TPSA) is 208 Å². The maximum absolute atomic E-state index is 11.1. The van der Waals surface area contributed by atoms with Crippen molar-refractivity contribution in [3.05, 3.63) is 12.7 Å². The highest BCUT2D eigenvalue weighted by molar-refractivity contribution is 5.86. The lowest BCUT2D eigenvalue weighted by Crippen LogP contribution is -2.64. The zero-order valence-electron chi connectivity index (χ0n) is 16.1. The van der Waals surface area contributed by atoms with E-state index < -0.39 is 80.5 Å². The third kappa shape index (κ3) is 5.72. The summed E-state index contributed by atoms with van der Waals surface area (Å²) < 4.78 is 21.3. The second kappa shape index (κ2) is 11.4. The molecule has 2 rings (SSSR count). The van der Waals surface area contributed by atoms with Gasteiger partial charge in [-0.1, -0.05) is 6.58 Å². The van der Waals surface area contributed by atoms with Gasteiger partial charge in [-0.2, -0.15) is 0 Å². The molecule has 174 valence electrons. The molecule has 0 aromatic rings. The molecular formula is C17H29NO12. The molecule has 1 amide bonds. The molecule has 2 aliphatic heterocycles. The average molecular weight is 439 g/mol. The van der Waals surface area contributed by atoms with Crippen molar-refractivity contribution in [1.29, 1.82) is 0 Å². The first kappa shape index (κ1) is 25.0. The fraction of sp³-hybridized carbons (Fsp3) is 0.824. The zero-order chi connectivity index (χ0) is 22.4. The zero-order valence-corrected chi connectivity index (χ0v) is 16.1. The Morgan fingerprint density at radius 3 is 2.10 bits per heavy atom. The molecule has 0 bridgehead atoms. The van der Waals surface area contributed by atoms with Gasteiger partial charge in [0.15, 0.2) is 12.6 Å². The van der Waals surface area contributed by atoms with Gasteiger partial charge >= 0.3 is 0 Å². The molecular weight excluding hydrogens is 410 g/mol. The molecule has 30 heavy (non-hydrogen) atoms. The molecule has 10 atom stereocenters. The van der Waals surface area contributed by atoms with Crippen LogP contribution in [0.3, 0.4) is 0 Å². The van der Waals surface area contributed by atoms with Crippen molar-refractivity contribution in [1.82, 2.24) is 5.32 Å². The quantitative estimate of drug-likeness (QED) is 0.125. The molecule has 0 aliphatic carbocycles. The Kier molecular flexibility index (Phi) is 9.52. The van der Waals surface area contributed by atoms with E-state index in [0.717, 1.165) is 6.08 Å². The van der Waals surface area contributed by atoms with Gasteiger partial charge in [-0.3, -0.25) is 4.79 Å². The standard InChI is InChI=1S/C17H29NO12/c1-2-9(21)18-3-4-27-16-14(26)12(24)15(8(6-20)29-16)30-17-13(25)11(23)10(22)7(5-19)28-17/h2,7-8,10-17,19-20,22-26H,1,3-6H2,(H,18,21)/t7-,8-,10+,11+,12-,13-,14-,15-,16-,17+/m1/s1. The van der Waals surface area contributed by atoms with Crippen LogP contribution in [0, 0.1) is 0 Å². The van der Waals surface area contributed by atoms with Gasteiger partial charge in [0.1, 0.15) is 48.8 Å². The molecule has 2 heterocycles. The van der Waals surface area contributed by atoms with Crippen molar-refractivity contribution < 1.29 is 59.5 Å². The number of hydrogen-bond acceptors (Lipinski definition) is 12. The Bertz CT molecular complexity index is 561. The molecule has 0 spiro atoms. The lowest BCUT2D eigenvalue weighted by atomic mass is 9.97. The van der Waals surface area contributed by atoms with E-state index in [9.17, 15) is 40.5 Å². The number of ether oxygens (including phenoxy) is 4. The number of carbonyl (C=O) groups excluding carboxylic acids is 1. The van der Waals surface area contributed by atoms with E-state index in [4.69, 9.17) is 18.9 Å². The van der Waals surface area contributed by atoms with Crippen molar-refractivity contribution in [3.63, 3.8) is 0 Å². The van der Waals surface area contributed by atoms with Gasteiger partial charge in [-0.25, -0.2) is 0 Å². The molecule has 2 saturated heterocycles. The van der Waals surface area contributed by atoms with Crippen LogP contribution >= 0.6 is 0 Å². The van der Waals surface area contributed by atoms with Gasteiger partial charge < -0.3 is 60.0 Å². The van der Waals surface area contributed by atoms with Gasteiger partial charge in [0.2, 0.25) is 5.91 Å². The molecule has 13 heteroatoms. The van der Waals surface area contributed by atoms with Crippen LogP contribution < -0.4 is 5.32 Å². The number of rotatable bonds is 9. The number of carbonyl (C=O) groups is 1. The van der Waals surface area contributed by atoms with Crippen molar-refractivity contribution in [2.75, 3.05) is 26.4 Å². The number of amides is 1. The molecule has 0 radical (unpaired) electrons. The van der Waals surface area contributed by atoms with Gasteiger partial charge in [-0.15, -0.1) is 0 Å². The van der Waals surface area contributed by atoms with Gasteiger partial charge in [0.25, 0.3) is 0 Å². The van der Waals surface area contributed by atoms with Gasteiger partial charge in [0, 0.05) is 6.54 Å². The third-order valence-corrected chi connectivity index (χ3v) is 4.83. The van der Waals surface area contributed by atoms with Crippen LogP contribution in [0.1, 0.15) is 0 Å². The Balaban J connectivity index is 1.99. The summed E-state index contributed by atoms with van der Waals surface area (Å²) in [6.07, 6.45) is -14.1. The predicted molar refractivity (Wildman–Crippen MR) is 95.6 cm³/mol. The summed E-state index contributed by atoms with van der Waals surface area (Å²) in [7, 11) is 0. The Morgan fingerprint density at radius 1 is 0.900 bits per heavy atom. The average Bonchev–Trinajstić information content (AvgIpc) is 2.75. The van der Waals surface area contributed by atoms with E-state index in [0.29, 0.717) is 0 Å². The third-order valence-electron chi connectivity index (χ3n) is 4.83. The minimum Gasteiger partial charge on any atom is -0.394 e. The highest BCUT2D eigenvalue weighted by Gasteiger charge is 2.50. The van der Waals surface area contributed by atoms with Crippen LogP contribution in [-0.2, 0) is 23.7 Å². The number of hydrogen-bond donors (Lipinski definition) is 8. The summed E-state index contributed by atoms with van der Waals surface area (Å²) >= 11 is 0. The second-order valence-corrected chi connectivity index (χ2v) is 6.87. The maximum atomic E-state index is 11.1. The van der Waals surface area contributed by atoms with Crippen molar-refractivity contribution in [2.45, 2.75) is 61.4 Å². The SMILES string of the molecule is C=CC(=O)NCCO[C@@H]1O[C@H](CO)[C@@H](O[C@@H]2O[C@H](CO)[C@H](O)[C@H](O)[C@H]2O)[C@H](O)[C@H]1O. The van der Waals surface area contributed by atoms with Crippen LogP contribution in [0.15, 0.2) is 12.7 Å². The fourth-order valence-corrected chi connectivity index (χ4v) is 3.11. The van der Waals surface area contributed by atoms with Crippen LogP contribution in [0.5, 0.6) is 0 Å².